The maximum Gasteiger partial charge on any atom is 0.236 e. The standard InChI is InChI=1S/C12H10Cl2N2OS2/c13-9-2-1-8(5-10(9)14)6-18-7-11(17)16-12-15-3-4-19-12/h1-5H,6-7H2,(H,15,16,17). The molecule has 1 aromatic carbocycles. The Morgan fingerprint density at radius 1 is 1.37 bits per heavy atom. The number of amides is 1. The van der Waals surface area contributed by atoms with Gasteiger partial charge in [-0.2, -0.15) is 0 Å². The van der Waals surface area contributed by atoms with Crippen LogP contribution in [0.15, 0.2) is 29.8 Å². The lowest BCUT2D eigenvalue weighted by Gasteiger charge is -2.04. The minimum atomic E-state index is -0.0555. The molecule has 2 rings (SSSR count). The van der Waals surface area contributed by atoms with Crippen LogP contribution >= 0.6 is 46.3 Å². The topological polar surface area (TPSA) is 42.0 Å². The summed E-state index contributed by atoms with van der Waals surface area (Å²) >= 11 is 14.7. The Kier molecular flexibility index (Phi) is 5.51. The Hall–Kier alpha value is -0.750. The summed E-state index contributed by atoms with van der Waals surface area (Å²) in [7, 11) is 0. The molecule has 1 N–H and O–H groups in total. The van der Waals surface area contributed by atoms with Gasteiger partial charge in [-0.05, 0) is 17.7 Å². The molecule has 7 heteroatoms. The van der Waals surface area contributed by atoms with Crippen molar-refractivity contribution in [3.8, 4) is 0 Å². The zero-order valence-electron chi connectivity index (χ0n) is 9.73. The average Bonchev–Trinajstić information content (AvgIpc) is 2.86. The third kappa shape index (κ3) is 4.69. The number of carbonyl (C=O) groups excluding carboxylic acids is 1. The number of hydrogen-bond acceptors (Lipinski definition) is 4. The van der Waals surface area contributed by atoms with Gasteiger partial charge in [0, 0.05) is 17.3 Å². The Labute approximate surface area is 129 Å². The smallest absolute Gasteiger partial charge is 0.236 e. The van der Waals surface area contributed by atoms with E-state index in [2.05, 4.69) is 10.3 Å². The van der Waals surface area contributed by atoms with E-state index in [1.54, 1.807) is 12.3 Å². The maximum absolute atomic E-state index is 11.6. The second-order valence-electron chi connectivity index (χ2n) is 3.63. The fourth-order valence-corrected chi connectivity index (χ4v) is 2.97. The van der Waals surface area contributed by atoms with E-state index in [1.165, 1.54) is 23.1 Å². The summed E-state index contributed by atoms with van der Waals surface area (Å²) < 4.78 is 0. The molecule has 0 saturated carbocycles. The van der Waals surface area contributed by atoms with Crippen LogP contribution in [0.4, 0.5) is 5.13 Å². The van der Waals surface area contributed by atoms with Crippen LogP contribution in [0.5, 0.6) is 0 Å². The Morgan fingerprint density at radius 3 is 2.89 bits per heavy atom. The van der Waals surface area contributed by atoms with E-state index in [0.717, 1.165) is 5.56 Å². The highest BCUT2D eigenvalue weighted by molar-refractivity contribution is 7.99. The first kappa shape index (κ1) is 14.7. The van der Waals surface area contributed by atoms with Gasteiger partial charge in [0.05, 0.1) is 15.8 Å². The minimum Gasteiger partial charge on any atom is -0.301 e. The number of carbonyl (C=O) groups is 1. The van der Waals surface area contributed by atoms with Crippen LogP contribution in [0.3, 0.4) is 0 Å². The van der Waals surface area contributed by atoms with Crippen LogP contribution in [0, 0.1) is 0 Å². The Bertz CT molecular complexity index is 561. The normalized spacial score (nSPS) is 10.4. The lowest BCUT2D eigenvalue weighted by Crippen LogP contribution is -2.13. The highest BCUT2D eigenvalue weighted by Crippen LogP contribution is 2.24. The first-order valence-electron chi connectivity index (χ1n) is 5.36. The molecule has 0 bridgehead atoms. The molecule has 1 amide bonds. The van der Waals surface area contributed by atoms with E-state index >= 15 is 0 Å². The summed E-state index contributed by atoms with van der Waals surface area (Å²) in [6.07, 6.45) is 1.66. The van der Waals surface area contributed by atoms with Crippen molar-refractivity contribution >= 4 is 57.3 Å². The predicted octanol–water partition coefficient (Wildman–Crippen LogP) is 4.32. The number of anilines is 1. The van der Waals surface area contributed by atoms with Crippen LogP contribution in [0.2, 0.25) is 10.0 Å². The molecule has 0 unspecified atom stereocenters. The third-order valence-electron chi connectivity index (χ3n) is 2.16. The molecule has 0 aliphatic rings. The summed E-state index contributed by atoms with van der Waals surface area (Å²) in [6.45, 7) is 0. The number of rotatable bonds is 5. The van der Waals surface area contributed by atoms with E-state index in [0.29, 0.717) is 26.7 Å². The molecule has 0 atom stereocenters. The lowest BCUT2D eigenvalue weighted by molar-refractivity contribution is -0.113. The van der Waals surface area contributed by atoms with Gasteiger partial charge in [-0.15, -0.1) is 23.1 Å². The molecule has 0 aliphatic heterocycles. The predicted molar refractivity (Wildman–Crippen MR) is 83.4 cm³/mol. The zero-order chi connectivity index (χ0) is 13.7. The van der Waals surface area contributed by atoms with Gasteiger partial charge in [0.2, 0.25) is 5.91 Å². The molecule has 100 valence electrons. The van der Waals surface area contributed by atoms with Crippen molar-refractivity contribution in [1.29, 1.82) is 0 Å². The van der Waals surface area contributed by atoms with Crippen molar-refractivity contribution in [3.63, 3.8) is 0 Å². The molecule has 19 heavy (non-hydrogen) atoms. The molecule has 1 aromatic heterocycles. The number of halogens is 2. The zero-order valence-corrected chi connectivity index (χ0v) is 12.9. The second kappa shape index (κ2) is 7.14. The largest absolute Gasteiger partial charge is 0.301 e. The van der Waals surface area contributed by atoms with Crippen molar-refractivity contribution in [3.05, 3.63) is 45.4 Å². The molecule has 3 nitrogen and oxygen atoms in total. The first-order chi connectivity index (χ1) is 9.15. The van der Waals surface area contributed by atoms with Gasteiger partial charge in [0.1, 0.15) is 0 Å². The Balaban J connectivity index is 1.76. The SMILES string of the molecule is O=C(CSCc1ccc(Cl)c(Cl)c1)Nc1nccs1. The molecule has 0 fully saturated rings. The van der Waals surface area contributed by atoms with Crippen molar-refractivity contribution in [2.75, 3.05) is 11.1 Å². The number of nitrogens with one attached hydrogen (secondary N) is 1. The fourth-order valence-electron chi connectivity index (χ4n) is 1.33. The van der Waals surface area contributed by atoms with E-state index in [4.69, 9.17) is 23.2 Å². The molecular formula is C12H10Cl2N2OS2. The van der Waals surface area contributed by atoms with Crippen molar-refractivity contribution < 1.29 is 4.79 Å². The molecular weight excluding hydrogens is 323 g/mol. The van der Waals surface area contributed by atoms with Gasteiger partial charge in [0.15, 0.2) is 5.13 Å². The molecule has 0 saturated heterocycles. The Morgan fingerprint density at radius 2 is 2.21 bits per heavy atom. The van der Waals surface area contributed by atoms with Crippen LogP contribution < -0.4 is 5.32 Å². The molecule has 0 aliphatic carbocycles. The van der Waals surface area contributed by atoms with Crippen LogP contribution in [0.25, 0.3) is 0 Å². The van der Waals surface area contributed by atoms with Gasteiger partial charge in [-0.3, -0.25) is 4.79 Å². The number of hydrogen-bond donors (Lipinski definition) is 1. The van der Waals surface area contributed by atoms with Crippen molar-refractivity contribution in [2.45, 2.75) is 5.75 Å². The van der Waals surface area contributed by atoms with Crippen LogP contribution in [-0.4, -0.2) is 16.6 Å². The van der Waals surface area contributed by atoms with Crippen molar-refractivity contribution in [2.24, 2.45) is 0 Å². The third-order valence-corrected chi connectivity index (χ3v) is 4.60. The average molecular weight is 333 g/mol. The summed E-state index contributed by atoms with van der Waals surface area (Å²) in [5.41, 5.74) is 1.04. The molecule has 1 heterocycles. The van der Waals surface area contributed by atoms with Crippen LogP contribution in [0.1, 0.15) is 5.56 Å². The number of aromatic nitrogens is 1. The number of thioether (sulfide) groups is 1. The van der Waals surface area contributed by atoms with E-state index in [1.807, 2.05) is 17.5 Å². The molecule has 0 radical (unpaired) electrons. The van der Waals surface area contributed by atoms with Crippen LogP contribution in [-0.2, 0) is 10.5 Å². The maximum atomic E-state index is 11.6. The van der Waals surface area contributed by atoms with Gasteiger partial charge in [0.25, 0.3) is 0 Å². The highest BCUT2D eigenvalue weighted by atomic mass is 35.5. The molecule has 0 spiro atoms. The van der Waals surface area contributed by atoms with E-state index < -0.39 is 0 Å². The highest BCUT2D eigenvalue weighted by Gasteiger charge is 2.05. The number of nitrogens with zero attached hydrogens (tertiary/aromatic N) is 1. The van der Waals surface area contributed by atoms with Gasteiger partial charge < -0.3 is 5.32 Å². The summed E-state index contributed by atoms with van der Waals surface area (Å²) in [5, 5.41) is 6.25. The lowest BCUT2D eigenvalue weighted by atomic mass is 10.2. The number of thiazole rings is 1. The van der Waals surface area contributed by atoms with E-state index in [9.17, 15) is 4.79 Å². The second-order valence-corrected chi connectivity index (χ2v) is 6.32. The van der Waals surface area contributed by atoms with Gasteiger partial charge in [-0.25, -0.2) is 4.98 Å². The molecule has 2 aromatic rings. The van der Waals surface area contributed by atoms with E-state index in [-0.39, 0.29) is 5.91 Å². The monoisotopic (exact) mass is 332 g/mol. The quantitative estimate of drug-likeness (QED) is 0.886. The first-order valence-corrected chi connectivity index (χ1v) is 8.15. The minimum absolute atomic E-state index is 0.0555. The van der Waals surface area contributed by atoms with Crippen molar-refractivity contribution in [1.82, 2.24) is 4.98 Å². The summed E-state index contributed by atoms with van der Waals surface area (Å²) in [5.74, 6) is 1.03. The number of benzene rings is 1. The van der Waals surface area contributed by atoms with Gasteiger partial charge >= 0.3 is 0 Å². The summed E-state index contributed by atoms with van der Waals surface area (Å²) in [6, 6.07) is 5.48. The summed E-state index contributed by atoms with van der Waals surface area (Å²) in [4.78, 5) is 15.6. The fraction of sp³-hybridized carbons (Fsp3) is 0.167. The van der Waals surface area contributed by atoms with Gasteiger partial charge in [-0.1, -0.05) is 29.3 Å².